The minimum Gasteiger partial charge on any atom is -0.356 e. The minimum atomic E-state index is 0.443. The first-order valence-corrected chi connectivity index (χ1v) is 9.70. The molecule has 0 amide bonds. The third-order valence-corrected chi connectivity index (χ3v) is 4.96. The van der Waals surface area contributed by atoms with Crippen LogP contribution in [0, 0.1) is 13.8 Å². The zero-order chi connectivity index (χ0) is 19.1. The van der Waals surface area contributed by atoms with Gasteiger partial charge in [-0.3, -0.25) is 9.98 Å². The summed E-state index contributed by atoms with van der Waals surface area (Å²) in [6.07, 6.45) is 6.98. The maximum absolute atomic E-state index is 4.54. The molecule has 0 spiro atoms. The van der Waals surface area contributed by atoms with E-state index in [2.05, 4.69) is 61.7 Å². The summed E-state index contributed by atoms with van der Waals surface area (Å²) in [6.45, 7) is 6.95. The standard InChI is InChI=1S/C21H30N6/c1-16-4-7-20(25-14-16)27-12-9-19(10-13-27)26-21(22-3)23-11-8-18-6-5-17(2)24-15-18/h4-7,14-15,19H,8-13H2,1-3H3,(H2,22,23,26). The molecule has 1 aliphatic heterocycles. The Morgan fingerprint density at radius 1 is 1.11 bits per heavy atom. The second-order valence-corrected chi connectivity index (χ2v) is 7.16. The molecule has 2 aromatic rings. The van der Waals surface area contributed by atoms with Crippen LogP contribution >= 0.6 is 0 Å². The van der Waals surface area contributed by atoms with E-state index in [1.54, 1.807) is 0 Å². The van der Waals surface area contributed by atoms with E-state index in [0.29, 0.717) is 6.04 Å². The van der Waals surface area contributed by atoms with Crippen LogP contribution in [0.5, 0.6) is 0 Å². The summed E-state index contributed by atoms with van der Waals surface area (Å²) in [5.41, 5.74) is 3.49. The van der Waals surface area contributed by atoms with Crippen LogP contribution in [0.1, 0.15) is 29.7 Å². The summed E-state index contributed by atoms with van der Waals surface area (Å²) in [6, 6.07) is 8.87. The molecule has 144 valence electrons. The van der Waals surface area contributed by atoms with Gasteiger partial charge in [-0.05, 0) is 56.4 Å². The van der Waals surface area contributed by atoms with Crippen molar-refractivity contribution in [3.8, 4) is 0 Å². The number of piperidine rings is 1. The number of nitrogens with zero attached hydrogens (tertiary/aromatic N) is 4. The first-order valence-electron chi connectivity index (χ1n) is 9.70. The Balaban J connectivity index is 1.41. The summed E-state index contributed by atoms with van der Waals surface area (Å²) < 4.78 is 0. The van der Waals surface area contributed by atoms with Crippen LogP contribution in [0.2, 0.25) is 0 Å². The number of hydrogen-bond donors (Lipinski definition) is 2. The third kappa shape index (κ3) is 5.67. The lowest BCUT2D eigenvalue weighted by atomic mass is 10.1. The largest absolute Gasteiger partial charge is 0.356 e. The normalized spacial score (nSPS) is 15.7. The lowest BCUT2D eigenvalue weighted by Crippen LogP contribution is -2.49. The Hall–Kier alpha value is -2.63. The molecule has 3 rings (SSSR count). The summed E-state index contributed by atoms with van der Waals surface area (Å²) >= 11 is 0. The van der Waals surface area contributed by atoms with Gasteiger partial charge >= 0.3 is 0 Å². The molecule has 1 fully saturated rings. The molecule has 6 heteroatoms. The first kappa shape index (κ1) is 19.1. The molecule has 2 aromatic heterocycles. The van der Waals surface area contributed by atoms with Gasteiger partial charge in [-0.25, -0.2) is 4.98 Å². The van der Waals surface area contributed by atoms with Gasteiger partial charge in [0.05, 0.1) is 0 Å². The summed E-state index contributed by atoms with van der Waals surface area (Å²) in [4.78, 5) is 15.6. The molecular weight excluding hydrogens is 336 g/mol. The summed E-state index contributed by atoms with van der Waals surface area (Å²) in [5.74, 6) is 1.95. The Bertz CT molecular complexity index is 730. The van der Waals surface area contributed by atoms with Gasteiger partial charge in [-0.15, -0.1) is 0 Å². The van der Waals surface area contributed by atoms with Gasteiger partial charge in [-0.2, -0.15) is 0 Å². The van der Waals surface area contributed by atoms with E-state index in [1.165, 1.54) is 11.1 Å². The third-order valence-electron chi connectivity index (χ3n) is 4.96. The predicted octanol–water partition coefficient (Wildman–Crippen LogP) is 2.47. The highest BCUT2D eigenvalue weighted by Crippen LogP contribution is 2.18. The van der Waals surface area contributed by atoms with Crippen molar-refractivity contribution in [1.29, 1.82) is 0 Å². The van der Waals surface area contributed by atoms with Crippen LogP contribution in [0.15, 0.2) is 41.7 Å². The van der Waals surface area contributed by atoms with E-state index in [-0.39, 0.29) is 0 Å². The maximum Gasteiger partial charge on any atom is 0.191 e. The fourth-order valence-electron chi connectivity index (χ4n) is 3.26. The van der Waals surface area contributed by atoms with Crippen molar-refractivity contribution in [2.45, 2.75) is 39.2 Å². The quantitative estimate of drug-likeness (QED) is 0.629. The summed E-state index contributed by atoms with van der Waals surface area (Å²) in [5, 5.41) is 6.97. The molecular formula is C21H30N6. The molecule has 0 atom stereocenters. The topological polar surface area (TPSA) is 65.4 Å². The van der Waals surface area contributed by atoms with Crippen molar-refractivity contribution in [2.75, 3.05) is 31.6 Å². The highest BCUT2D eigenvalue weighted by atomic mass is 15.2. The Kier molecular flexibility index (Phi) is 6.63. The van der Waals surface area contributed by atoms with Crippen LogP contribution in [-0.2, 0) is 6.42 Å². The van der Waals surface area contributed by atoms with Crippen LogP contribution in [0.3, 0.4) is 0 Å². The highest BCUT2D eigenvalue weighted by molar-refractivity contribution is 5.80. The summed E-state index contributed by atoms with van der Waals surface area (Å²) in [7, 11) is 1.83. The number of rotatable bonds is 5. The molecule has 1 saturated heterocycles. The van der Waals surface area contributed by atoms with E-state index in [1.807, 2.05) is 26.4 Å². The number of anilines is 1. The van der Waals surface area contributed by atoms with Crippen LogP contribution in [0.4, 0.5) is 5.82 Å². The van der Waals surface area contributed by atoms with Gasteiger partial charge in [0.2, 0.25) is 0 Å². The van der Waals surface area contributed by atoms with Crippen LogP contribution in [0.25, 0.3) is 0 Å². The van der Waals surface area contributed by atoms with E-state index >= 15 is 0 Å². The number of aromatic nitrogens is 2. The molecule has 0 bridgehead atoms. The Labute approximate surface area is 162 Å². The zero-order valence-corrected chi connectivity index (χ0v) is 16.6. The smallest absolute Gasteiger partial charge is 0.191 e. The highest BCUT2D eigenvalue weighted by Gasteiger charge is 2.20. The van der Waals surface area contributed by atoms with Gasteiger partial charge in [-0.1, -0.05) is 12.1 Å². The molecule has 27 heavy (non-hydrogen) atoms. The van der Waals surface area contributed by atoms with E-state index in [0.717, 1.165) is 56.4 Å². The zero-order valence-electron chi connectivity index (χ0n) is 16.6. The number of nitrogens with one attached hydrogen (secondary N) is 2. The lowest BCUT2D eigenvalue weighted by Gasteiger charge is -2.33. The average molecular weight is 367 g/mol. The Morgan fingerprint density at radius 2 is 1.93 bits per heavy atom. The average Bonchev–Trinajstić information content (AvgIpc) is 2.70. The monoisotopic (exact) mass is 366 g/mol. The molecule has 0 saturated carbocycles. The minimum absolute atomic E-state index is 0.443. The molecule has 0 aliphatic carbocycles. The van der Waals surface area contributed by atoms with Gasteiger partial charge in [0.1, 0.15) is 5.82 Å². The first-order chi connectivity index (χ1) is 13.1. The van der Waals surface area contributed by atoms with Gasteiger partial charge in [0.25, 0.3) is 0 Å². The lowest BCUT2D eigenvalue weighted by molar-refractivity contribution is 0.459. The predicted molar refractivity (Wildman–Crippen MR) is 111 cm³/mol. The molecule has 2 N–H and O–H groups in total. The van der Waals surface area contributed by atoms with Crippen LogP contribution in [-0.4, -0.2) is 48.7 Å². The second kappa shape index (κ2) is 9.35. The van der Waals surface area contributed by atoms with E-state index in [4.69, 9.17) is 0 Å². The molecule has 0 radical (unpaired) electrons. The molecule has 0 aromatic carbocycles. The number of pyridine rings is 2. The molecule has 0 unspecified atom stereocenters. The fourth-order valence-corrected chi connectivity index (χ4v) is 3.26. The number of guanidine groups is 1. The SMILES string of the molecule is CN=C(NCCc1ccc(C)nc1)NC1CCN(c2ccc(C)cn2)CC1. The molecule has 6 nitrogen and oxygen atoms in total. The van der Waals surface area contributed by atoms with E-state index < -0.39 is 0 Å². The van der Waals surface area contributed by atoms with Crippen molar-refractivity contribution in [1.82, 2.24) is 20.6 Å². The van der Waals surface area contributed by atoms with Crippen molar-refractivity contribution >= 4 is 11.8 Å². The van der Waals surface area contributed by atoms with Gasteiger partial charge < -0.3 is 15.5 Å². The number of aliphatic imine (C=N–C) groups is 1. The Morgan fingerprint density at radius 3 is 2.56 bits per heavy atom. The van der Waals surface area contributed by atoms with Crippen molar-refractivity contribution < 1.29 is 0 Å². The van der Waals surface area contributed by atoms with E-state index in [9.17, 15) is 0 Å². The van der Waals surface area contributed by atoms with Gasteiger partial charge in [0.15, 0.2) is 5.96 Å². The maximum atomic E-state index is 4.54. The van der Waals surface area contributed by atoms with Crippen molar-refractivity contribution in [3.05, 3.63) is 53.5 Å². The molecule has 1 aliphatic rings. The fraction of sp³-hybridized carbons (Fsp3) is 0.476. The van der Waals surface area contributed by atoms with Crippen LogP contribution < -0.4 is 15.5 Å². The molecule has 3 heterocycles. The number of hydrogen-bond acceptors (Lipinski definition) is 4. The number of aryl methyl sites for hydroxylation is 2. The van der Waals surface area contributed by atoms with Crippen molar-refractivity contribution in [2.24, 2.45) is 4.99 Å². The van der Waals surface area contributed by atoms with Crippen molar-refractivity contribution in [3.63, 3.8) is 0 Å². The van der Waals surface area contributed by atoms with Gasteiger partial charge in [0, 0.05) is 50.8 Å². The second-order valence-electron chi connectivity index (χ2n) is 7.16.